The number of ether oxygens (including phenoxy) is 3. The number of carbonyl (C=O) groups excluding carboxylic acids is 2. The largest absolute Gasteiger partial charge is 0.376 e. The van der Waals surface area contributed by atoms with Gasteiger partial charge in [0.05, 0.1) is 36.6 Å². The lowest BCUT2D eigenvalue weighted by Gasteiger charge is -2.41. The number of hydrogen-bond donors (Lipinski definition) is 2. The summed E-state index contributed by atoms with van der Waals surface area (Å²) < 4.78 is 16.8. The van der Waals surface area contributed by atoms with Gasteiger partial charge in [-0.1, -0.05) is 0 Å². The van der Waals surface area contributed by atoms with Crippen molar-refractivity contribution < 1.29 is 23.8 Å². The lowest BCUT2D eigenvalue weighted by molar-refractivity contribution is -0.142. The fraction of sp³-hybridized carbons (Fsp3) is 0.647. The third-order valence-corrected chi connectivity index (χ3v) is 5.73. The van der Waals surface area contributed by atoms with E-state index in [9.17, 15) is 9.59 Å². The number of fused-ring (bicyclic) bond motifs is 1. The van der Waals surface area contributed by atoms with Crippen LogP contribution in [0.3, 0.4) is 0 Å². The number of thiophene rings is 1. The lowest BCUT2D eigenvalue weighted by Crippen LogP contribution is -2.42. The molecule has 7 nitrogen and oxygen atoms in total. The Balaban J connectivity index is 1.96. The number of nitrogens with two attached hydrogens (primary N) is 1. The van der Waals surface area contributed by atoms with Crippen molar-refractivity contribution in [2.45, 2.75) is 51.4 Å². The van der Waals surface area contributed by atoms with Crippen LogP contribution in [0.15, 0.2) is 0 Å². The molecular weight excluding hydrogens is 344 g/mol. The van der Waals surface area contributed by atoms with E-state index < -0.39 is 23.2 Å². The summed E-state index contributed by atoms with van der Waals surface area (Å²) >= 11 is 1.34. The average Bonchev–Trinajstić information content (AvgIpc) is 2.85. The summed E-state index contributed by atoms with van der Waals surface area (Å²) in [6.07, 6.45) is -0.131. The standard InChI is InChI=1S/C17H24N2O5S/c1-16(2)7-9-11(13(18)20)15(25-12(9)17(3,4)24-16)19-14(21)10-8-22-5-6-23-10/h10H,5-8H2,1-4H3,(H2,18,20)(H,19,21). The second-order valence-electron chi connectivity index (χ2n) is 7.45. The number of carbonyl (C=O) groups is 2. The molecular formula is C17H24N2O5S. The highest BCUT2D eigenvalue weighted by Crippen LogP contribution is 2.48. The summed E-state index contributed by atoms with van der Waals surface area (Å²) in [7, 11) is 0. The van der Waals surface area contributed by atoms with Crippen molar-refractivity contribution in [3.05, 3.63) is 16.0 Å². The van der Waals surface area contributed by atoms with Crippen LogP contribution in [0.2, 0.25) is 0 Å². The molecule has 25 heavy (non-hydrogen) atoms. The monoisotopic (exact) mass is 368 g/mol. The van der Waals surface area contributed by atoms with Crippen LogP contribution in [0.25, 0.3) is 0 Å². The number of amides is 2. The van der Waals surface area contributed by atoms with Crippen molar-refractivity contribution in [1.29, 1.82) is 0 Å². The van der Waals surface area contributed by atoms with E-state index in [0.29, 0.717) is 30.2 Å². The van der Waals surface area contributed by atoms with Gasteiger partial charge in [0.2, 0.25) is 0 Å². The van der Waals surface area contributed by atoms with E-state index in [-0.39, 0.29) is 12.5 Å². The molecule has 0 bridgehead atoms. The van der Waals surface area contributed by atoms with E-state index >= 15 is 0 Å². The first-order valence-electron chi connectivity index (χ1n) is 8.27. The smallest absolute Gasteiger partial charge is 0.256 e. The molecule has 0 radical (unpaired) electrons. The van der Waals surface area contributed by atoms with Gasteiger partial charge in [-0.05, 0) is 33.3 Å². The van der Waals surface area contributed by atoms with Crippen molar-refractivity contribution >= 4 is 28.2 Å². The molecule has 1 unspecified atom stereocenters. The fourth-order valence-electron chi connectivity index (χ4n) is 3.50. The first-order chi connectivity index (χ1) is 11.6. The third-order valence-electron chi connectivity index (χ3n) is 4.28. The number of anilines is 1. The Hall–Kier alpha value is -1.48. The van der Waals surface area contributed by atoms with E-state index in [4.69, 9.17) is 19.9 Å². The minimum atomic E-state index is -0.686. The molecule has 0 spiro atoms. The first kappa shape index (κ1) is 18.3. The van der Waals surface area contributed by atoms with Crippen LogP contribution in [0.1, 0.15) is 48.5 Å². The zero-order chi connectivity index (χ0) is 18.4. The highest BCUT2D eigenvalue weighted by molar-refractivity contribution is 7.17. The minimum absolute atomic E-state index is 0.199. The molecule has 2 aliphatic rings. The predicted molar refractivity (Wildman–Crippen MR) is 93.9 cm³/mol. The van der Waals surface area contributed by atoms with E-state index in [1.807, 2.05) is 27.7 Å². The van der Waals surface area contributed by atoms with Gasteiger partial charge in [0.1, 0.15) is 5.00 Å². The molecule has 2 amide bonds. The third kappa shape index (κ3) is 3.57. The summed E-state index contributed by atoms with van der Waals surface area (Å²) in [6.45, 7) is 8.91. The van der Waals surface area contributed by atoms with Gasteiger partial charge in [0.25, 0.3) is 11.8 Å². The summed E-state index contributed by atoms with van der Waals surface area (Å²) in [4.78, 5) is 25.5. The maximum atomic E-state index is 12.5. The van der Waals surface area contributed by atoms with Gasteiger partial charge in [0, 0.05) is 11.3 Å². The molecule has 1 atom stereocenters. The van der Waals surface area contributed by atoms with Crippen LogP contribution in [0, 0.1) is 0 Å². The summed E-state index contributed by atoms with van der Waals surface area (Å²) in [6, 6.07) is 0. The molecule has 3 N–H and O–H groups in total. The van der Waals surface area contributed by atoms with Crippen LogP contribution >= 0.6 is 11.3 Å². The van der Waals surface area contributed by atoms with Crippen molar-refractivity contribution in [2.75, 3.05) is 25.1 Å². The van der Waals surface area contributed by atoms with Gasteiger partial charge >= 0.3 is 0 Å². The van der Waals surface area contributed by atoms with E-state index in [1.165, 1.54) is 11.3 Å². The first-order valence-corrected chi connectivity index (χ1v) is 9.09. The van der Waals surface area contributed by atoms with Crippen molar-refractivity contribution in [2.24, 2.45) is 5.73 Å². The molecule has 0 saturated carbocycles. The molecule has 2 aliphatic heterocycles. The molecule has 3 heterocycles. The maximum Gasteiger partial charge on any atom is 0.256 e. The molecule has 3 rings (SSSR count). The van der Waals surface area contributed by atoms with Crippen molar-refractivity contribution in [3.63, 3.8) is 0 Å². The second-order valence-corrected chi connectivity index (χ2v) is 8.47. The number of nitrogens with one attached hydrogen (secondary N) is 1. The Labute approximate surface area is 150 Å². The Bertz CT molecular complexity index is 704. The highest BCUT2D eigenvalue weighted by Gasteiger charge is 2.43. The minimum Gasteiger partial charge on any atom is -0.376 e. The highest BCUT2D eigenvalue weighted by atomic mass is 32.1. The van der Waals surface area contributed by atoms with Gasteiger partial charge in [-0.3, -0.25) is 9.59 Å². The van der Waals surface area contributed by atoms with Gasteiger partial charge < -0.3 is 25.3 Å². The second kappa shape index (κ2) is 6.35. The van der Waals surface area contributed by atoms with Gasteiger partial charge in [-0.2, -0.15) is 0 Å². The zero-order valence-corrected chi connectivity index (χ0v) is 15.7. The maximum absolute atomic E-state index is 12.5. The van der Waals surface area contributed by atoms with Crippen molar-refractivity contribution in [1.82, 2.24) is 0 Å². The SMILES string of the molecule is CC1(C)Cc2c(sc(NC(=O)C3COCCO3)c2C(N)=O)C(C)(C)O1. The Kier molecular flexibility index (Phi) is 4.65. The molecule has 1 aromatic rings. The number of primary amides is 1. The molecule has 0 aliphatic carbocycles. The van der Waals surface area contributed by atoms with Crippen LogP contribution in [0.5, 0.6) is 0 Å². The van der Waals surface area contributed by atoms with E-state index in [0.717, 1.165) is 10.4 Å². The molecule has 138 valence electrons. The number of hydrogen-bond acceptors (Lipinski definition) is 6. The molecule has 1 aromatic heterocycles. The topological polar surface area (TPSA) is 99.9 Å². The number of rotatable bonds is 3. The Morgan fingerprint density at radius 3 is 2.56 bits per heavy atom. The zero-order valence-electron chi connectivity index (χ0n) is 14.9. The van der Waals surface area contributed by atoms with Crippen LogP contribution in [-0.4, -0.2) is 43.3 Å². The normalized spacial score (nSPS) is 24.4. The summed E-state index contributed by atoms with van der Waals surface area (Å²) in [5, 5.41) is 3.25. The lowest BCUT2D eigenvalue weighted by atomic mass is 9.86. The molecule has 1 fully saturated rings. The van der Waals surface area contributed by atoms with E-state index in [1.54, 1.807) is 0 Å². The van der Waals surface area contributed by atoms with Gasteiger partial charge in [0.15, 0.2) is 6.10 Å². The van der Waals surface area contributed by atoms with Crippen molar-refractivity contribution in [3.8, 4) is 0 Å². The summed E-state index contributed by atoms with van der Waals surface area (Å²) in [5.41, 5.74) is 5.86. The van der Waals surface area contributed by atoms with Gasteiger partial charge in [-0.25, -0.2) is 0 Å². The molecule has 1 saturated heterocycles. The van der Waals surface area contributed by atoms with Crippen LogP contribution in [0.4, 0.5) is 5.00 Å². The van der Waals surface area contributed by atoms with Gasteiger partial charge in [-0.15, -0.1) is 11.3 Å². The Morgan fingerprint density at radius 2 is 1.96 bits per heavy atom. The summed E-state index contributed by atoms with van der Waals surface area (Å²) in [5.74, 6) is -0.888. The molecule has 8 heteroatoms. The Morgan fingerprint density at radius 1 is 1.24 bits per heavy atom. The molecule has 0 aromatic carbocycles. The van der Waals surface area contributed by atoms with E-state index in [2.05, 4.69) is 5.32 Å². The average molecular weight is 368 g/mol. The van der Waals surface area contributed by atoms with Crippen LogP contribution < -0.4 is 11.1 Å². The quantitative estimate of drug-likeness (QED) is 0.847. The predicted octanol–water partition coefficient (Wildman–Crippen LogP) is 1.79. The fourth-order valence-corrected chi connectivity index (χ4v) is 4.77. The van der Waals surface area contributed by atoms with Crippen LogP contribution in [-0.2, 0) is 31.0 Å².